The van der Waals surface area contributed by atoms with Gasteiger partial charge in [-0.2, -0.15) is 4.31 Å². The van der Waals surface area contributed by atoms with E-state index in [2.05, 4.69) is 15.5 Å². The van der Waals surface area contributed by atoms with Crippen molar-refractivity contribution in [2.75, 3.05) is 45.7 Å². The summed E-state index contributed by atoms with van der Waals surface area (Å²) in [6.45, 7) is 6.37. The molecule has 2 N–H and O–H groups in total. The van der Waals surface area contributed by atoms with E-state index < -0.39 is 10.0 Å². The second-order valence-electron chi connectivity index (χ2n) is 6.32. The van der Waals surface area contributed by atoms with Crippen LogP contribution in [0.1, 0.15) is 13.8 Å². The van der Waals surface area contributed by atoms with Gasteiger partial charge in [-0.05, 0) is 51.3 Å². The largest absolute Gasteiger partial charge is 0.495 e. The van der Waals surface area contributed by atoms with Gasteiger partial charge in [-0.15, -0.1) is 0 Å². The number of rotatable bonds is 5. The molecule has 1 heterocycles. The van der Waals surface area contributed by atoms with Gasteiger partial charge in [-0.25, -0.2) is 8.42 Å². The molecule has 25 heavy (non-hydrogen) atoms. The molecule has 0 radical (unpaired) electrons. The number of nitrogens with one attached hydrogen (secondary N) is 2. The molecule has 1 aromatic carbocycles. The van der Waals surface area contributed by atoms with Crippen LogP contribution in [0.4, 0.5) is 5.69 Å². The second kappa shape index (κ2) is 8.31. The molecule has 1 saturated heterocycles. The zero-order valence-corrected chi connectivity index (χ0v) is 16.7. The summed E-state index contributed by atoms with van der Waals surface area (Å²) in [5.41, 5.74) is 0.524. The van der Waals surface area contributed by atoms with Gasteiger partial charge < -0.3 is 20.3 Å². The molecule has 0 spiro atoms. The molecule has 0 unspecified atom stereocenters. The number of thiocarbonyl (C=S) groups is 1. The summed E-state index contributed by atoms with van der Waals surface area (Å²) >= 11 is 5.25. The smallest absolute Gasteiger partial charge is 0.243 e. The molecule has 140 valence electrons. The molecule has 2 rings (SSSR count). The number of ether oxygens (including phenoxy) is 1. The van der Waals surface area contributed by atoms with E-state index in [-0.39, 0.29) is 10.9 Å². The lowest BCUT2D eigenvalue weighted by atomic mass is 10.3. The predicted molar refractivity (Wildman–Crippen MR) is 104 cm³/mol. The molecule has 0 atom stereocenters. The minimum absolute atomic E-state index is 0.170. The number of sulfonamides is 1. The molecule has 1 aliphatic heterocycles. The van der Waals surface area contributed by atoms with Crippen molar-refractivity contribution >= 4 is 33.0 Å². The normalized spacial score (nSPS) is 16.7. The number of hydrogen-bond donors (Lipinski definition) is 2. The van der Waals surface area contributed by atoms with Gasteiger partial charge in [0.25, 0.3) is 0 Å². The fourth-order valence-corrected chi connectivity index (χ4v) is 4.34. The number of piperazine rings is 1. The van der Waals surface area contributed by atoms with Crippen molar-refractivity contribution in [2.45, 2.75) is 24.8 Å². The first kappa shape index (κ1) is 19.9. The Morgan fingerprint density at radius 3 is 2.44 bits per heavy atom. The molecule has 0 aliphatic carbocycles. The third-order valence-corrected chi connectivity index (χ3v) is 6.05. The number of hydrogen-bond acceptors (Lipinski definition) is 5. The SMILES string of the molecule is COc1ccc(S(=O)(=O)N2CCN(C)CC2)cc1NC(=S)NC(C)C. The predicted octanol–water partition coefficient (Wildman–Crippen LogP) is 1.33. The summed E-state index contributed by atoms with van der Waals surface area (Å²) in [6.07, 6.45) is 0. The molecule has 0 bridgehead atoms. The summed E-state index contributed by atoms with van der Waals surface area (Å²) in [6, 6.07) is 4.95. The Hall–Kier alpha value is -1.42. The van der Waals surface area contributed by atoms with Gasteiger partial charge in [0.2, 0.25) is 10.0 Å². The quantitative estimate of drug-likeness (QED) is 0.740. The molecule has 0 saturated carbocycles. The van der Waals surface area contributed by atoms with E-state index in [9.17, 15) is 8.42 Å². The Morgan fingerprint density at radius 1 is 1.24 bits per heavy atom. The van der Waals surface area contributed by atoms with Gasteiger partial charge in [0.1, 0.15) is 5.75 Å². The lowest BCUT2D eigenvalue weighted by molar-refractivity contribution is 0.222. The Morgan fingerprint density at radius 2 is 1.88 bits per heavy atom. The van der Waals surface area contributed by atoms with Crippen LogP contribution in [0.3, 0.4) is 0 Å². The van der Waals surface area contributed by atoms with Gasteiger partial charge in [0.15, 0.2) is 5.11 Å². The maximum absolute atomic E-state index is 12.9. The fourth-order valence-electron chi connectivity index (χ4n) is 2.54. The van der Waals surface area contributed by atoms with E-state index >= 15 is 0 Å². The number of likely N-dealkylation sites (N-methyl/N-ethyl adjacent to an activating group) is 1. The standard InChI is InChI=1S/C16H26N4O3S2/c1-12(2)17-16(24)18-14-11-13(5-6-15(14)23-4)25(21,22)20-9-7-19(3)8-10-20/h5-6,11-12H,7-10H2,1-4H3,(H2,17,18,24). The van der Waals surface area contributed by atoms with Crippen LogP contribution in [0.5, 0.6) is 5.75 Å². The fraction of sp³-hybridized carbons (Fsp3) is 0.562. The number of benzene rings is 1. The van der Waals surface area contributed by atoms with Gasteiger partial charge in [0, 0.05) is 32.2 Å². The van der Waals surface area contributed by atoms with E-state index in [4.69, 9.17) is 17.0 Å². The second-order valence-corrected chi connectivity index (χ2v) is 8.67. The molecule has 1 aliphatic rings. The summed E-state index contributed by atoms with van der Waals surface area (Å²) < 4.78 is 32.6. The number of nitrogens with zero attached hydrogens (tertiary/aromatic N) is 2. The number of methoxy groups -OCH3 is 1. The molecule has 9 heteroatoms. The molecule has 1 aromatic rings. The van der Waals surface area contributed by atoms with Gasteiger partial charge in [-0.3, -0.25) is 0 Å². The van der Waals surface area contributed by atoms with Crippen LogP contribution in [0.15, 0.2) is 23.1 Å². The lowest BCUT2D eigenvalue weighted by Gasteiger charge is -2.31. The highest BCUT2D eigenvalue weighted by atomic mass is 32.2. The number of anilines is 1. The van der Waals surface area contributed by atoms with Crippen LogP contribution in [-0.4, -0.2) is 69.1 Å². The van der Waals surface area contributed by atoms with Crippen molar-refractivity contribution in [2.24, 2.45) is 0 Å². The monoisotopic (exact) mass is 386 g/mol. The summed E-state index contributed by atoms with van der Waals surface area (Å²) in [7, 11) is -0.0204. The summed E-state index contributed by atoms with van der Waals surface area (Å²) in [5, 5.41) is 6.51. The van der Waals surface area contributed by atoms with Crippen molar-refractivity contribution in [1.82, 2.24) is 14.5 Å². The van der Waals surface area contributed by atoms with Crippen LogP contribution >= 0.6 is 12.2 Å². The molecule has 0 aromatic heterocycles. The van der Waals surface area contributed by atoms with Gasteiger partial charge in [0.05, 0.1) is 17.7 Å². The Kier molecular flexibility index (Phi) is 6.61. The van der Waals surface area contributed by atoms with E-state index in [0.29, 0.717) is 29.6 Å². The van der Waals surface area contributed by atoms with Crippen LogP contribution in [0.2, 0.25) is 0 Å². The minimum atomic E-state index is -3.54. The van der Waals surface area contributed by atoms with Crippen molar-refractivity contribution in [3.05, 3.63) is 18.2 Å². The maximum atomic E-state index is 12.9. The molecule has 1 fully saturated rings. The van der Waals surface area contributed by atoms with Gasteiger partial charge >= 0.3 is 0 Å². The molecular formula is C16H26N4O3S2. The Balaban J connectivity index is 2.26. The maximum Gasteiger partial charge on any atom is 0.243 e. The molecular weight excluding hydrogens is 360 g/mol. The van der Waals surface area contributed by atoms with Crippen LogP contribution < -0.4 is 15.4 Å². The van der Waals surface area contributed by atoms with Gasteiger partial charge in [-0.1, -0.05) is 0 Å². The highest BCUT2D eigenvalue weighted by Crippen LogP contribution is 2.29. The van der Waals surface area contributed by atoms with E-state index in [1.54, 1.807) is 18.2 Å². The van der Waals surface area contributed by atoms with Crippen LogP contribution in [0, 0.1) is 0 Å². The third kappa shape index (κ3) is 5.04. The van der Waals surface area contributed by atoms with E-state index in [1.807, 2.05) is 20.9 Å². The first-order valence-electron chi connectivity index (χ1n) is 8.18. The van der Waals surface area contributed by atoms with E-state index in [1.165, 1.54) is 11.4 Å². The van der Waals surface area contributed by atoms with Crippen molar-refractivity contribution in [1.29, 1.82) is 0 Å². The zero-order chi connectivity index (χ0) is 18.6. The zero-order valence-electron chi connectivity index (χ0n) is 15.1. The molecule has 7 nitrogen and oxygen atoms in total. The minimum Gasteiger partial charge on any atom is -0.495 e. The Bertz CT molecular complexity index is 714. The van der Waals surface area contributed by atoms with Crippen LogP contribution in [-0.2, 0) is 10.0 Å². The highest BCUT2D eigenvalue weighted by molar-refractivity contribution is 7.89. The average Bonchev–Trinajstić information content (AvgIpc) is 2.54. The van der Waals surface area contributed by atoms with Crippen molar-refractivity contribution in [3.63, 3.8) is 0 Å². The van der Waals surface area contributed by atoms with Crippen molar-refractivity contribution in [3.8, 4) is 5.75 Å². The summed E-state index contributed by atoms with van der Waals surface area (Å²) in [5.74, 6) is 0.533. The highest BCUT2D eigenvalue weighted by Gasteiger charge is 2.28. The lowest BCUT2D eigenvalue weighted by Crippen LogP contribution is -2.47. The topological polar surface area (TPSA) is 73.9 Å². The third-order valence-electron chi connectivity index (χ3n) is 3.94. The molecule has 0 amide bonds. The van der Waals surface area contributed by atoms with Crippen molar-refractivity contribution < 1.29 is 13.2 Å². The first-order chi connectivity index (χ1) is 11.7. The van der Waals surface area contributed by atoms with E-state index in [0.717, 1.165) is 13.1 Å². The Labute approximate surface area is 155 Å². The summed E-state index contributed by atoms with van der Waals surface area (Å²) in [4.78, 5) is 2.34. The first-order valence-corrected chi connectivity index (χ1v) is 10.0. The van der Waals surface area contributed by atoms with Crippen LogP contribution in [0.25, 0.3) is 0 Å². The average molecular weight is 387 g/mol.